The maximum atomic E-state index is 9.73. The Morgan fingerprint density at radius 1 is 1.08 bits per heavy atom. The summed E-state index contributed by atoms with van der Waals surface area (Å²) < 4.78 is 11.5. The Morgan fingerprint density at radius 2 is 1.88 bits per heavy atom. The Balaban J connectivity index is 1.60. The second-order valence-corrected chi connectivity index (χ2v) is 6.31. The molecular formula is C20H24O4. The lowest BCUT2D eigenvalue weighted by Gasteiger charge is -2.30. The third kappa shape index (κ3) is 4.01. The van der Waals surface area contributed by atoms with Crippen molar-refractivity contribution in [3.8, 4) is 17.2 Å². The van der Waals surface area contributed by atoms with Crippen LogP contribution in [0.4, 0.5) is 0 Å². The standard InChI is InChI=1S/C20H24O4/c1-23-20-13-15(8-12-18(20)22)19-4-2-3-17(24-19)11-7-14-5-9-16(21)10-6-14/h5-6,8-10,12-13,17,19,21-22H,2-4,7,11H2,1H3/t17-,19+/m0/s1. The average molecular weight is 328 g/mol. The van der Waals surface area contributed by atoms with Crippen molar-refractivity contribution in [3.63, 3.8) is 0 Å². The Labute approximate surface area is 142 Å². The van der Waals surface area contributed by atoms with Crippen LogP contribution in [0.15, 0.2) is 42.5 Å². The van der Waals surface area contributed by atoms with Gasteiger partial charge in [0.05, 0.1) is 19.3 Å². The van der Waals surface area contributed by atoms with Gasteiger partial charge in [0.15, 0.2) is 11.5 Å². The smallest absolute Gasteiger partial charge is 0.160 e. The van der Waals surface area contributed by atoms with Crippen LogP contribution < -0.4 is 4.74 Å². The van der Waals surface area contributed by atoms with Crippen molar-refractivity contribution in [1.29, 1.82) is 0 Å². The maximum absolute atomic E-state index is 9.73. The monoisotopic (exact) mass is 328 g/mol. The Kier molecular flexibility index (Phi) is 5.26. The summed E-state index contributed by atoms with van der Waals surface area (Å²) in [6, 6.07) is 12.8. The van der Waals surface area contributed by atoms with Gasteiger partial charge in [-0.25, -0.2) is 0 Å². The topological polar surface area (TPSA) is 58.9 Å². The first-order chi connectivity index (χ1) is 11.7. The summed E-state index contributed by atoms with van der Waals surface area (Å²) >= 11 is 0. The van der Waals surface area contributed by atoms with Crippen LogP contribution in [0.5, 0.6) is 17.2 Å². The number of aryl methyl sites for hydroxylation is 1. The molecule has 0 radical (unpaired) electrons. The number of phenols is 2. The molecular weight excluding hydrogens is 304 g/mol. The van der Waals surface area contributed by atoms with Crippen molar-refractivity contribution in [1.82, 2.24) is 0 Å². The van der Waals surface area contributed by atoms with Gasteiger partial charge in [0.2, 0.25) is 0 Å². The molecule has 3 rings (SSSR count). The van der Waals surface area contributed by atoms with Crippen LogP contribution in [0, 0.1) is 0 Å². The SMILES string of the molecule is COc1cc([C@H]2CCC[C@@H](CCc3ccc(O)cc3)O2)ccc1O. The third-order valence-electron chi connectivity index (χ3n) is 4.62. The molecule has 128 valence electrons. The van der Waals surface area contributed by atoms with E-state index >= 15 is 0 Å². The Hall–Kier alpha value is -2.20. The quantitative estimate of drug-likeness (QED) is 0.857. The maximum Gasteiger partial charge on any atom is 0.160 e. The molecule has 4 nitrogen and oxygen atoms in total. The van der Waals surface area contributed by atoms with Gasteiger partial charge in [0.25, 0.3) is 0 Å². The van der Waals surface area contributed by atoms with Gasteiger partial charge in [0.1, 0.15) is 5.75 Å². The zero-order chi connectivity index (χ0) is 16.9. The van der Waals surface area contributed by atoms with E-state index in [0.29, 0.717) is 11.5 Å². The van der Waals surface area contributed by atoms with E-state index in [1.807, 2.05) is 24.3 Å². The normalized spacial score (nSPS) is 20.7. The van der Waals surface area contributed by atoms with Crippen LogP contribution in [0.25, 0.3) is 0 Å². The molecule has 0 bridgehead atoms. The summed E-state index contributed by atoms with van der Waals surface area (Å²) in [6.07, 6.45) is 5.39. The minimum atomic E-state index is 0.0538. The van der Waals surface area contributed by atoms with Crippen LogP contribution in [-0.4, -0.2) is 23.4 Å². The number of methoxy groups -OCH3 is 1. The molecule has 1 aliphatic heterocycles. The first kappa shape index (κ1) is 16.7. The zero-order valence-electron chi connectivity index (χ0n) is 13.9. The van der Waals surface area contributed by atoms with E-state index in [1.165, 1.54) is 5.56 Å². The van der Waals surface area contributed by atoms with Crippen LogP contribution in [0.3, 0.4) is 0 Å². The summed E-state index contributed by atoms with van der Waals surface area (Å²) in [5.41, 5.74) is 2.27. The van der Waals surface area contributed by atoms with Crippen molar-refractivity contribution in [2.24, 2.45) is 0 Å². The molecule has 2 aromatic rings. The number of benzene rings is 2. The highest BCUT2D eigenvalue weighted by Crippen LogP contribution is 2.36. The van der Waals surface area contributed by atoms with E-state index < -0.39 is 0 Å². The first-order valence-corrected chi connectivity index (χ1v) is 8.46. The van der Waals surface area contributed by atoms with E-state index in [2.05, 4.69) is 0 Å². The molecule has 1 heterocycles. The van der Waals surface area contributed by atoms with Gasteiger partial charge in [0, 0.05) is 0 Å². The number of rotatable bonds is 5. The minimum absolute atomic E-state index is 0.0538. The molecule has 0 saturated carbocycles. The van der Waals surface area contributed by atoms with Crippen LogP contribution in [-0.2, 0) is 11.2 Å². The summed E-state index contributed by atoms with van der Waals surface area (Å²) in [7, 11) is 1.56. The van der Waals surface area contributed by atoms with Gasteiger partial charge in [-0.1, -0.05) is 18.2 Å². The molecule has 2 aromatic carbocycles. The number of aromatic hydroxyl groups is 2. The van der Waals surface area contributed by atoms with Gasteiger partial charge < -0.3 is 19.7 Å². The summed E-state index contributed by atoms with van der Waals surface area (Å²) in [5.74, 6) is 0.942. The highest BCUT2D eigenvalue weighted by Gasteiger charge is 2.24. The number of hydrogen-bond acceptors (Lipinski definition) is 4. The van der Waals surface area contributed by atoms with Gasteiger partial charge in [-0.3, -0.25) is 0 Å². The molecule has 0 aliphatic carbocycles. The van der Waals surface area contributed by atoms with Crippen LogP contribution in [0.1, 0.15) is 42.9 Å². The van der Waals surface area contributed by atoms with E-state index in [-0.39, 0.29) is 18.0 Å². The van der Waals surface area contributed by atoms with Crippen molar-refractivity contribution in [2.45, 2.75) is 44.3 Å². The molecule has 0 unspecified atom stereocenters. The minimum Gasteiger partial charge on any atom is -0.508 e. The molecule has 0 aromatic heterocycles. The predicted octanol–water partition coefficient (Wildman–Crippen LogP) is 4.35. The second-order valence-electron chi connectivity index (χ2n) is 6.31. The fourth-order valence-corrected chi connectivity index (χ4v) is 3.24. The fraction of sp³-hybridized carbons (Fsp3) is 0.400. The molecule has 4 heteroatoms. The average Bonchev–Trinajstić information content (AvgIpc) is 2.62. The van der Waals surface area contributed by atoms with E-state index in [1.54, 1.807) is 25.3 Å². The van der Waals surface area contributed by atoms with Crippen LogP contribution >= 0.6 is 0 Å². The van der Waals surface area contributed by atoms with Gasteiger partial charge in [-0.05, 0) is 67.5 Å². The Bertz CT molecular complexity index is 666. The van der Waals surface area contributed by atoms with Crippen LogP contribution in [0.2, 0.25) is 0 Å². The summed E-state index contributed by atoms with van der Waals surface area (Å²) in [6.45, 7) is 0. The largest absolute Gasteiger partial charge is 0.508 e. The molecule has 2 N–H and O–H groups in total. The van der Waals surface area contributed by atoms with Gasteiger partial charge in [-0.2, -0.15) is 0 Å². The molecule has 0 amide bonds. The highest BCUT2D eigenvalue weighted by atomic mass is 16.5. The lowest BCUT2D eigenvalue weighted by atomic mass is 9.95. The molecule has 2 atom stereocenters. The van der Waals surface area contributed by atoms with Gasteiger partial charge in [-0.15, -0.1) is 0 Å². The van der Waals surface area contributed by atoms with Gasteiger partial charge >= 0.3 is 0 Å². The number of hydrogen-bond donors (Lipinski definition) is 2. The van der Waals surface area contributed by atoms with E-state index in [9.17, 15) is 10.2 Å². The molecule has 24 heavy (non-hydrogen) atoms. The number of phenolic OH excluding ortho intramolecular Hbond substituents is 2. The lowest BCUT2D eigenvalue weighted by molar-refractivity contribution is -0.0546. The number of ether oxygens (including phenoxy) is 2. The molecule has 1 saturated heterocycles. The third-order valence-corrected chi connectivity index (χ3v) is 4.62. The zero-order valence-corrected chi connectivity index (χ0v) is 13.9. The highest BCUT2D eigenvalue weighted by molar-refractivity contribution is 5.42. The van der Waals surface area contributed by atoms with Crippen molar-refractivity contribution in [2.75, 3.05) is 7.11 Å². The Morgan fingerprint density at radius 3 is 2.62 bits per heavy atom. The summed E-state index contributed by atoms with van der Waals surface area (Å²) in [4.78, 5) is 0. The molecule has 0 spiro atoms. The second kappa shape index (κ2) is 7.58. The predicted molar refractivity (Wildman–Crippen MR) is 92.6 cm³/mol. The first-order valence-electron chi connectivity index (χ1n) is 8.46. The van der Waals surface area contributed by atoms with E-state index in [4.69, 9.17) is 9.47 Å². The fourth-order valence-electron chi connectivity index (χ4n) is 3.24. The van der Waals surface area contributed by atoms with E-state index in [0.717, 1.165) is 37.7 Å². The van der Waals surface area contributed by atoms with Crippen molar-refractivity contribution >= 4 is 0 Å². The molecule has 1 fully saturated rings. The van der Waals surface area contributed by atoms with Crippen molar-refractivity contribution < 1.29 is 19.7 Å². The summed E-state index contributed by atoms with van der Waals surface area (Å²) in [5, 5.41) is 19.1. The lowest BCUT2D eigenvalue weighted by Crippen LogP contribution is -2.23. The van der Waals surface area contributed by atoms with Crippen molar-refractivity contribution in [3.05, 3.63) is 53.6 Å². The molecule has 1 aliphatic rings.